The number of benzene rings is 1. The summed E-state index contributed by atoms with van der Waals surface area (Å²) in [5.74, 6) is -5.44. The molecule has 1 aliphatic carbocycles. The van der Waals surface area contributed by atoms with E-state index in [0.29, 0.717) is 0 Å². The Bertz CT molecular complexity index is 995. The average molecular weight is 401 g/mol. The van der Waals surface area contributed by atoms with Crippen molar-refractivity contribution in [2.24, 2.45) is 11.3 Å². The summed E-state index contributed by atoms with van der Waals surface area (Å²) in [6.07, 6.45) is 3.38. The summed E-state index contributed by atoms with van der Waals surface area (Å²) in [6, 6.07) is 8.81. The molecule has 1 aromatic carbocycles. The van der Waals surface area contributed by atoms with Crippen LogP contribution in [0.3, 0.4) is 0 Å². The van der Waals surface area contributed by atoms with Crippen LogP contribution in [0.1, 0.15) is 29.4 Å². The minimum Gasteiger partial charge on any atom is -0.481 e. The van der Waals surface area contributed by atoms with E-state index in [1.807, 2.05) is 0 Å². The molecule has 0 saturated carbocycles. The predicted octanol–water partition coefficient (Wildman–Crippen LogP) is 2.34. The van der Waals surface area contributed by atoms with E-state index < -0.39 is 46.9 Å². The first-order valence-corrected chi connectivity index (χ1v) is 8.89. The van der Waals surface area contributed by atoms with Gasteiger partial charge in [0.25, 0.3) is 0 Å². The van der Waals surface area contributed by atoms with Crippen LogP contribution < -0.4 is 0 Å². The van der Waals surface area contributed by atoms with Crippen molar-refractivity contribution in [1.29, 1.82) is 0 Å². The maximum Gasteiger partial charge on any atom is 0.336 e. The largest absolute Gasteiger partial charge is 0.481 e. The molecular formula is C21H20FNO6. The number of halogens is 1. The molecule has 2 aromatic rings. The predicted molar refractivity (Wildman–Crippen MR) is 99.8 cm³/mol. The molecule has 3 atom stereocenters. The van der Waals surface area contributed by atoms with Crippen LogP contribution in [0.2, 0.25) is 0 Å². The third-order valence-electron chi connectivity index (χ3n) is 5.30. The third-order valence-corrected chi connectivity index (χ3v) is 5.30. The molecule has 0 bridgehead atoms. The third kappa shape index (κ3) is 3.71. The molecule has 1 aromatic heterocycles. The SMILES string of the molecule is CC1(C(=O)O)C=CC(C(=O)c2cccn2Cc2ccc(F)cc2)C(O)(C(=O)O)C1. The molecule has 0 amide bonds. The van der Waals surface area contributed by atoms with E-state index in [-0.39, 0.29) is 12.2 Å². The van der Waals surface area contributed by atoms with Crippen molar-refractivity contribution in [3.63, 3.8) is 0 Å². The molecule has 0 saturated heterocycles. The Labute approximate surface area is 165 Å². The van der Waals surface area contributed by atoms with Crippen LogP contribution in [0.15, 0.2) is 54.7 Å². The summed E-state index contributed by atoms with van der Waals surface area (Å²) in [7, 11) is 0. The number of carbonyl (C=O) groups is 3. The van der Waals surface area contributed by atoms with Crippen LogP contribution in [0.4, 0.5) is 4.39 Å². The van der Waals surface area contributed by atoms with Gasteiger partial charge >= 0.3 is 11.9 Å². The van der Waals surface area contributed by atoms with Gasteiger partial charge in [0.15, 0.2) is 11.4 Å². The van der Waals surface area contributed by atoms with Gasteiger partial charge < -0.3 is 19.9 Å². The molecular weight excluding hydrogens is 381 g/mol. The Morgan fingerprint density at radius 3 is 2.38 bits per heavy atom. The lowest BCUT2D eigenvalue weighted by molar-refractivity contribution is -0.169. The van der Waals surface area contributed by atoms with Gasteiger partial charge in [-0.1, -0.05) is 24.3 Å². The summed E-state index contributed by atoms with van der Waals surface area (Å²) in [5.41, 5.74) is -3.30. The normalized spacial score (nSPS) is 26.2. The van der Waals surface area contributed by atoms with Gasteiger partial charge in [-0.15, -0.1) is 0 Å². The molecule has 1 aliphatic rings. The number of hydrogen-bond acceptors (Lipinski definition) is 4. The lowest BCUT2D eigenvalue weighted by atomic mass is 9.66. The second-order valence-electron chi connectivity index (χ2n) is 7.48. The number of rotatable bonds is 6. The minimum absolute atomic E-state index is 0.155. The van der Waals surface area contributed by atoms with Crippen molar-refractivity contribution < 1.29 is 34.1 Å². The van der Waals surface area contributed by atoms with Crippen LogP contribution in [0.5, 0.6) is 0 Å². The summed E-state index contributed by atoms with van der Waals surface area (Å²) in [6.45, 7) is 1.53. The fourth-order valence-electron chi connectivity index (χ4n) is 3.58. The molecule has 0 aliphatic heterocycles. The van der Waals surface area contributed by atoms with Crippen LogP contribution in [0.25, 0.3) is 0 Å². The number of aliphatic carboxylic acids is 2. The van der Waals surface area contributed by atoms with Crippen LogP contribution in [0, 0.1) is 17.2 Å². The van der Waals surface area contributed by atoms with E-state index in [4.69, 9.17) is 0 Å². The van der Waals surface area contributed by atoms with Crippen LogP contribution in [-0.2, 0) is 16.1 Å². The fraction of sp³-hybridized carbons (Fsp3) is 0.286. The topological polar surface area (TPSA) is 117 Å². The van der Waals surface area contributed by atoms with Crippen molar-refractivity contribution in [3.05, 3.63) is 71.8 Å². The lowest BCUT2D eigenvalue weighted by Gasteiger charge is -2.39. The minimum atomic E-state index is -2.57. The monoisotopic (exact) mass is 401 g/mol. The highest BCUT2D eigenvalue weighted by Crippen LogP contribution is 2.41. The van der Waals surface area contributed by atoms with E-state index >= 15 is 0 Å². The van der Waals surface area contributed by atoms with Crippen LogP contribution >= 0.6 is 0 Å². The van der Waals surface area contributed by atoms with Crippen LogP contribution in [-0.4, -0.2) is 43.2 Å². The average Bonchev–Trinajstić information content (AvgIpc) is 3.11. The molecule has 0 spiro atoms. The van der Waals surface area contributed by atoms with Gasteiger partial charge in [0.2, 0.25) is 0 Å². The second kappa shape index (κ2) is 7.29. The Hall–Kier alpha value is -3.26. The van der Waals surface area contributed by atoms with Crippen molar-refractivity contribution in [1.82, 2.24) is 4.57 Å². The maximum atomic E-state index is 13.1. The van der Waals surface area contributed by atoms with Crippen molar-refractivity contribution in [2.75, 3.05) is 0 Å². The zero-order chi connectivity index (χ0) is 21.4. The number of Topliss-reactive ketones (excluding diaryl/α,β-unsaturated/α-hetero) is 1. The number of carboxylic acids is 2. The lowest BCUT2D eigenvalue weighted by Crippen LogP contribution is -2.55. The highest BCUT2D eigenvalue weighted by atomic mass is 19.1. The van der Waals surface area contributed by atoms with Gasteiger partial charge in [-0.2, -0.15) is 0 Å². The number of aromatic nitrogens is 1. The smallest absolute Gasteiger partial charge is 0.336 e. The summed E-state index contributed by atoms with van der Waals surface area (Å²) < 4.78 is 14.7. The van der Waals surface area contributed by atoms with Gasteiger partial charge in [0.05, 0.1) is 17.0 Å². The number of ketones is 1. The molecule has 3 unspecified atom stereocenters. The highest BCUT2D eigenvalue weighted by Gasteiger charge is 2.55. The highest BCUT2D eigenvalue weighted by molar-refractivity contribution is 6.02. The van der Waals surface area contributed by atoms with Crippen molar-refractivity contribution >= 4 is 17.7 Å². The maximum absolute atomic E-state index is 13.1. The summed E-state index contributed by atoms with van der Waals surface area (Å²) in [5, 5.41) is 29.8. The Morgan fingerprint density at radius 1 is 1.14 bits per heavy atom. The summed E-state index contributed by atoms with van der Waals surface area (Å²) >= 11 is 0. The quantitative estimate of drug-likeness (QED) is 0.505. The van der Waals surface area contributed by atoms with Crippen molar-refractivity contribution in [3.8, 4) is 0 Å². The van der Waals surface area contributed by atoms with E-state index in [1.165, 1.54) is 31.2 Å². The molecule has 3 N–H and O–H groups in total. The molecule has 29 heavy (non-hydrogen) atoms. The van der Waals surface area contributed by atoms with Gasteiger partial charge in [-0.3, -0.25) is 9.59 Å². The summed E-state index contributed by atoms with van der Waals surface area (Å²) in [4.78, 5) is 36.4. The zero-order valence-electron chi connectivity index (χ0n) is 15.6. The standard InChI is InChI=1S/C21H20FNO6/c1-20(18(25)26)9-8-15(21(29,12-20)19(27)28)17(24)16-3-2-10-23(16)11-13-4-6-14(22)7-5-13/h2-10,15,29H,11-12H2,1H3,(H,25,26)(H,27,28). The molecule has 7 nitrogen and oxygen atoms in total. The molecule has 1 heterocycles. The molecule has 152 valence electrons. The molecule has 0 radical (unpaired) electrons. The van der Waals surface area contributed by atoms with Gasteiger partial charge in [0.1, 0.15) is 5.82 Å². The molecule has 0 fully saturated rings. The Balaban J connectivity index is 1.95. The molecule has 3 rings (SSSR count). The van der Waals surface area contributed by atoms with E-state index in [1.54, 1.807) is 29.0 Å². The van der Waals surface area contributed by atoms with Crippen molar-refractivity contribution in [2.45, 2.75) is 25.5 Å². The second-order valence-corrected chi connectivity index (χ2v) is 7.48. The van der Waals surface area contributed by atoms with Gasteiger partial charge in [-0.25, -0.2) is 9.18 Å². The van der Waals surface area contributed by atoms with E-state index in [9.17, 15) is 34.1 Å². The number of aliphatic hydroxyl groups is 1. The zero-order valence-corrected chi connectivity index (χ0v) is 15.6. The number of nitrogens with zero attached hydrogens (tertiary/aromatic N) is 1. The first kappa shape index (κ1) is 20.5. The number of carboxylic acid groups (broad SMARTS) is 2. The fourth-order valence-corrected chi connectivity index (χ4v) is 3.58. The van der Waals surface area contributed by atoms with Gasteiger partial charge in [0, 0.05) is 19.2 Å². The Morgan fingerprint density at radius 2 is 1.79 bits per heavy atom. The Kier molecular flexibility index (Phi) is 5.15. The first-order chi connectivity index (χ1) is 13.6. The van der Waals surface area contributed by atoms with Gasteiger partial charge in [-0.05, 0) is 36.8 Å². The van der Waals surface area contributed by atoms with E-state index in [2.05, 4.69) is 0 Å². The number of carbonyl (C=O) groups excluding carboxylic acids is 1. The first-order valence-electron chi connectivity index (χ1n) is 8.89. The molecule has 8 heteroatoms. The van der Waals surface area contributed by atoms with E-state index in [0.717, 1.165) is 11.6 Å². The number of hydrogen-bond donors (Lipinski definition) is 3.